The van der Waals surface area contributed by atoms with Crippen LogP contribution in [0, 0.1) is 0 Å². The monoisotopic (exact) mass is 283 g/mol. The number of aromatic nitrogens is 2. The van der Waals surface area contributed by atoms with E-state index in [4.69, 9.17) is 4.74 Å². The maximum atomic E-state index is 5.94. The summed E-state index contributed by atoms with van der Waals surface area (Å²) < 4.78 is 5.94. The van der Waals surface area contributed by atoms with E-state index in [0.29, 0.717) is 0 Å². The van der Waals surface area contributed by atoms with Crippen LogP contribution >= 0.6 is 0 Å². The van der Waals surface area contributed by atoms with Gasteiger partial charge in [-0.2, -0.15) is 0 Å². The van der Waals surface area contributed by atoms with Crippen LogP contribution in [0.1, 0.15) is 42.8 Å². The molecule has 1 atom stereocenters. The predicted molar refractivity (Wildman–Crippen MR) is 82.4 cm³/mol. The van der Waals surface area contributed by atoms with Crippen LogP contribution in [0.25, 0.3) is 0 Å². The van der Waals surface area contributed by atoms with Gasteiger partial charge in [0, 0.05) is 18.0 Å². The van der Waals surface area contributed by atoms with Crippen molar-refractivity contribution in [1.29, 1.82) is 0 Å². The van der Waals surface area contributed by atoms with Crippen LogP contribution in [0.15, 0.2) is 36.7 Å². The van der Waals surface area contributed by atoms with Crippen molar-refractivity contribution < 1.29 is 4.74 Å². The van der Waals surface area contributed by atoms with E-state index in [-0.39, 0.29) is 6.04 Å². The Morgan fingerprint density at radius 2 is 2.10 bits per heavy atom. The van der Waals surface area contributed by atoms with Gasteiger partial charge in [0.25, 0.3) is 0 Å². The van der Waals surface area contributed by atoms with Gasteiger partial charge in [-0.1, -0.05) is 25.1 Å². The third-order valence-corrected chi connectivity index (χ3v) is 3.72. The van der Waals surface area contributed by atoms with Crippen molar-refractivity contribution in [2.75, 3.05) is 13.2 Å². The summed E-state index contributed by atoms with van der Waals surface area (Å²) in [5.74, 6) is 1.82. The number of ether oxygens (including phenoxy) is 1. The lowest BCUT2D eigenvalue weighted by Gasteiger charge is -2.25. The van der Waals surface area contributed by atoms with Crippen molar-refractivity contribution >= 4 is 0 Å². The van der Waals surface area contributed by atoms with E-state index < -0.39 is 0 Å². The molecule has 4 heteroatoms. The molecule has 21 heavy (non-hydrogen) atoms. The summed E-state index contributed by atoms with van der Waals surface area (Å²) in [5, 5.41) is 3.55. The van der Waals surface area contributed by atoms with Crippen LogP contribution in [-0.4, -0.2) is 23.1 Å². The normalized spacial score (nSPS) is 15.1. The molecule has 1 N–H and O–H groups in total. The van der Waals surface area contributed by atoms with Gasteiger partial charge in [-0.15, -0.1) is 0 Å². The molecule has 4 nitrogen and oxygen atoms in total. The van der Waals surface area contributed by atoms with Gasteiger partial charge in [0.1, 0.15) is 11.6 Å². The second-order valence-corrected chi connectivity index (χ2v) is 5.28. The van der Waals surface area contributed by atoms with Gasteiger partial charge < -0.3 is 10.1 Å². The number of fused-ring (bicyclic) bond motifs is 1. The highest BCUT2D eigenvalue weighted by Gasteiger charge is 2.23. The smallest absolute Gasteiger partial charge is 0.149 e. The van der Waals surface area contributed by atoms with Gasteiger partial charge in [-0.3, -0.25) is 0 Å². The lowest BCUT2D eigenvalue weighted by molar-refractivity contribution is 0.282. The number of hydrogen-bond donors (Lipinski definition) is 1. The fourth-order valence-corrected chi connectivity index (χ4v) is 2.73. The molecule has 0 spiro atoms. The van der Waals surface area contributed by atoms with Gasteiger partial charge in [0.15, 0.2) is 0 Å². The highest BCUT2D eigenvalue weighted by Crippen LogP contribution is 2.34. The zero-order chi connectivity index (χ0) is 14.5. The molecule has 0 amide bonds. The minimum absolute atomic E-state index is 0.0146. The summed E-state index contributed by atoms with van der Waals surface area (Å²) in [6.45, 7) is 3.87. The zero-order valence-corrected chi connectivity index (χ0v) is 12.4. The Bertz CT molecular complexity index is 586. The first kappa shape index (κ1) is 14.0. The third-order valence-electron chi connectivity index (χ3n) is 3.72. The Balaban J connectivity index is 2.00. The third kappa shape index (κ3) is 3.05. The van der Waals surface area contributed by atoms with Gasteiger partial charge in [0.2, 0.25) is 0 Å². The molecule has 0 bridgehead atoms. The summed E-state index contributed by atoms with van der Waals surface area (Å²) in [7, 11) is 0. The number of benzene rings is 1. The van der Waals surface area contributed by atoms with E-state index >= 15 is 0 Å². The van der Waals surface area contributed by atoms with Crippen LogP contribution in [0.2, 0.25) is 0 Å². The molecule has 2 aromatic rings. The molecule has 0 fully saturated rings. The van der Waals surface area contributed by atoms with Crippen molar-refractivity contribution in [3.8, 4) is 5.75 Å². The first-order valence-corrected chi connectivity index (χ1v) is 7.65. The topological polar surface area (TPSA) is 47.0 Å². The van der Waals surface area contributed by atoms with E-state index in [1.54, 1.807) is 12.4 Å². The van der Waals surface area contributed by atoms with Gasteiger partial charge in [0.05, 0.1) is 12.6 Å². The van der Waals surface area contributed by atoms with Crippen LogP contribution in [-0.2, 0) is 6.42 Å². The van der Waals surface area contributed by atoms with E-state index in [9.17, 15) is 0 Å². The van der Waals surface area contributed by atoms with Crippen molar-refractivity contribution in [3.63, 3.8) is 0 Å². The summed E-state index contributed by atoms with van der Waals surface area (Å²) in [6.07, 6.45) is 6.82. The fraction of sp³-hybridized carbons (Fsp3) is 0.412. The SMILES string of the molecule is CCCNC(c1ncccn1)c1cccc2c1OCCC2. The standard InChI is InChI=1S/C17H21N3O/c1-2-9-18-15(17-19-10-5-11-20-17)14-8-3-6-13-7-4-12-21-16(13)14/h3,5-6,8,10-11,15,18H,2,4,7,9,12H2,1H3. The lowest BCUT2D eigenvalue weighted by Crippen LogP contribution is -2.26. The van der Waals surface area contributed by atoms with Crippen LogP contribution in [0.4, 0.5) is 0 Å². The van der Waals surface area contributed by atoms with Crippen molar-refractivity contribution in [2.24, 2.45) is 0 Å². The molecule has 0 saturated heterocycles. The first-order valence-electron chi connectivity index (χ1n) is 7.65. The molecule has 2 heterocycles. The molecule has 1 unspecified atom stereocenters. The summed E-state index contributed by atoms with van der Waals surface area (Å²) in [6, 6.07) is 8.21. The second kappa shape index (κ2) is 6.68. The van der Waals surface area contributed by atoms with Crippen molar-refractivity contribution in [3.05, 3.63) is 53.6 Å². The summed E-state index contributed by atoms with van der Waals surface area (Å²) in [5.41, 5.74) is 2.44. The molecular formula is C17H21N3O. The predicted octanol–water partition coefficient (Wildman–Crippen LogP) is 2.89. The van der Waals surface area contributed by atoms with E-state index in [1.165, 1.54) is 5.56 Å². The Labute approximate surface area is 125 Å². The van der Waals surface area contributed by atoms with E-state index in [2.05, 4.69) is 40.4 Å². The maximum absolute atomic E-state index is 5.94. The molecule has 1 aliphatic rings. The van der Waals surface area contributed by atoms with Gasteiger partial charge >= 0.3 is 0 Å². The molecular weight excluding hydrogens is 262 g/mol. The zero-order valence-electron chi connectivity index (χ0n) is 12.4. The minimum Gasteiger partial charge on any atom is -0.493 e. The highest BCUT2D eigenvalue weighted by molar-refractivity contribution is 5.46. The molecule has 0 saturated carbocycles. The molecule has 3 rings (SSSR count). The van der Waals surface area contributed by atoms with Crippen molar-refractivity contribution in [2.45, 2.75) is 32.2 Å². The molecule has 0 aliphatic carbocycles. The summed E-state index contributed by atoms with van der Waals surface area (Å²) >= 11 is 0. The minimum atomic E-state index is -0.0146. The molecule has 1 aromatic heterocycles. The number of nitrogens with zero attached hydrogens (tertiary/aromatic N) is 2. The number of hydrogen-bond acceptors (Lipinski definition) is 4. The lowest BCUT2D eigenvalue weighted by atomic mass is 9.97. The number of aryl methyl sites for hydroxylation is 1. The Hall–Kier alpha value is -1.94. The average Bonchev–Trinajstić information content (AvgIpc) is 2.56. The second-order valence-electron chi connectivity index (χ2n) is 5.28. The number of nitrogens with one attached hydrogen (secondary N) is 1. The van der Waals surface area contributed by atoms with Crippen LogP contribution in [0.5, 0.6) is 5.75 Å². The average molecular weight is 283 g/mol. The highest BCUT2D eigenvalue weighted by atomic mass is 16.5. The van der Waals surface area contributed by atoms with E-state index in [0.717, 1.165) is 49.6 Å². The molecule has 110 valence electrons. The Morgan fingerprint density at radius 1 is 1.24 bits per heavy atom. The van der Waals surface area contributed by atoms with Crippen molar-refractivity contribution in [1.82, 2.24) is 15.3 Å². The maximum Gasteiger partial charge on any atom is 0.149 e. The van der Waals surface area contributed by atoms with Crippen LogP contribution < -0.4 is 10.1 Å². The molecule has 1 aliphatic heterocycles. The Morgan fingerprint density at radius 3 is 2.90 bits per heavy atom. The van der Waals surface area contributed by atoms with Gasteiger partial charge in [-0.05, 0) is 37.4 Å². The van der Waals surface area contributed by atoms with Gasteiger partial charge in [-0.25, -0.2) is 9.97 Å². The van der Waals surface area contributed by atoms with E-state index in [1.807, 2.05) is 6.07 Å². The summed E-state index contributed by atoms with van der Waals surface area (Å²) in [4.78, 5) is 8.86. The van der Waals surface area contributed by atoms with Crippen LogP contribution in [0.3, 0.4) is 0 Å². The Kier molecular flexibility index (Phi) is 4.46. The first-order chi connectivity index (χ1) is 10.4. The number of rotatable bonds is 5. The molecule has 0 radical (unpaired) electrons. The molecule has 1 aromatic carbocycles. The largest absolute Gasteiger partial charge is 0.493 e. The fourth-order valence-electron chi connectivity index (χ4n) is 2.73. The quantitative estimate of drug-likeness (QED) is 0.916. The number of para-hydroxylation sites is 1.